The Morgan fingerprint density at radius 1 is 0.815 bits per heavy atom. The van der Waals surface area contributed by atoms with Crippen LogP contribution in [0.15, 0.2) is 84.6 Å². The van der Waals surface area contributed by atoms with E-state index in [9.17, 15) is 10.2 Å². The topological polar surface area (TPSA) is 55.7 Å². The van der Waals surface area contributed by atoms with E-state index in [0.29, 0.717) is 0 Å². The molecule has 0 radical (unpaired) electrons. The quantitative estimate of drug-likeness (QED) is 0.615. The summed E-state index contributed by atoms with van der Waals surface area (Å²) in [6.07, 6.45) is 0.794. The molecule has 0 saturated heterocycles. The molecule has 1 atom stereocenters. The van der Waals surface area contributed by atoms with Crippen LogP contribution in [0.3, 0.4) is 0 Å². The largest absolute Gasteiger partial charge is 0.508 e. The summed E-state index contributed by atoms with van der Waals surface area (Å²) in [5, 5.41) is 23.0. The minimum absolute atomic E-state index is 0.0468. The molecule has 0 spiro atoms. The number of rotatable bonds is 4. The third kappa shape index (κ3) is 3.22. The predicted molar refractivity (Wildman–Crippen MR) is 108 cm³/mol. The van der Waals surface area contributed by atoms with E-state index >= 15 is 0 Å². The number of nitrogens with one attached hydrogen (secondary N) is 1. The molecule has 4 heteroatoms. The smallest absolute Gasteiger partial charge is 0.130 e. The monoisotopic (exact) mass is 358 g/mol. The molecule has 3 N–H and O–H groups in total. The van der Waals surface area contributed by atoms with Gasteiger partial charge in [-0.3, -0.25) is 0 Å². The van der Waals surface area contributed by atoms with Gasteiger partial charge in [0.15, 0.2) is 0 Å². The molecule has 1 heterocycles. The van der Waals surface area contributed by atoms with Crippen LogP contribution < -0.4 is 10.2 Å². The Morgan fingerprint density at radius 3 is 2.00 bits per heavy atom. The van der Waals surface area contributed by atoms with Crippen molar-refractivity contribution in [2.75, 3.05) is 4.90 Å². The summed E-state index contributed by atoms with van der Waals surface area (Å²) >= 11 is 0. The summed E-state index contributed by atoms with van der Waals surface area (Å²) in [6.45, 7) is 2.14. The van der Waals surface area contributed by atoms with Crippen LogP contribution in [-0.2, 0) is 0 Å². The average Bonchev–Trinajstić information content (AvgIpc) is 3.09. The van der Waals surface area contributed by atoms with Crippen molar-refractivity contribution in [3.63, 3.8) is 0 Å². The van der Waals surface area contributed by atoms with Crippen LogP contribution in [0.25, 0.3) is 5.70 Å². The van der Waals surface area contributed by atoms with Gasteiger partial charge in [-0.1, -0.05) is 37.3 Å². The zero-order valence-corrected chi connectivity index (χ0v) is 15.1. The van der Waals surface area contributed by atoms with E-state index in [2.05, 4.69) is 29.3 Å². The van der Waals surface area contributed by atoms with E-state index in [1.54, 1.807) is 24.3 Å². The summed E-state index contributed by atoms with van der Waals surface area (Å²) in [5.41, 5.74) is 5.43. The third-order valence-electron chi connectivity index (χ3n) is 4.85. The molecule has 0 saturated carbocycles. The summed E-state index contributed by atoms with van der Waals surface area (Å²) in [6, 6.07) is 24.9. The van der Waals surface area contributed by atoms with Crippen molar-refractivity contribution in [3.05, 3.63) is 95.7 Å². The van der Waals surface area contributed by atoms with Gasteiger partial charge in [-0.05, 0) is 66.1 Å². The highest BCUT2D eigenvalue weighted by Gasteiger charge is 2.33. The molecule has 0 aromatic heterocycles. The van der Waals surface area contributed by atoms with E-state index < -0.39 is 0 Å². The highest BCUT2D eigenvalue weighted by atomic mass is 16.3. The van der Waals surface area contributed by atoms with Crippen LogP contribution in [0, 0.1) is 0 Å². The molecule has 1 unspecified atom stereocenters. The molecule has 0 aliphatic carbocycles. The van der Waals surface area contributed by atoms with Crippen LogP contribution in [-0.4, -0.2) is 10.2 Å². The zero-order chi connectivity index (χ0) is 18.8. The number of phenols is 2. The first kappa shape index (κ1) is 17.0. The number of nitrogens with zero attached hydrogens (tertiary/aromatic N) is 1. The Kier molecular flexibility index (Phi) is 4.47. The molecule has 3 aromatic carbocycles. The molecule has 1 aliphatic heterocycles. The SMILES string of the molecule is CCC1=C(c2ccc(O)cc2)NC(c2ccccc2)N1c1ccc(O)cc1. The van der Waals surface area contributed by atoms with E-state index in [4.69, 9.17) is 0 Å². The number of hydrogen-bond acceptors (Lipinski definition) is 4. The molecule has 0 fully saturated rings. The molecule has 3 aromatic rings. The summed E-state index contributed by atoms with van der Waals surface area (Å²) < 4.78 is 0. The van der Waals surface area contributed by atoms with Gasteiger partial charge in [-0.2, -0.15) is 0 Å². The average molecular weight is 358 g/mol. The second kappa shape index (κ2) is 7.08. The van der Waals surface area contributed by atoms with Crippen LogP contribution in [0.1, 0.15) is 30.6 Å². The lowest BCUT2D eigenvalue weighted by Crippen LogP contribution is -2.29. The van der Waals surface area contributed by atoms with Gasteiger partial charge in [0.25, 0.3) is 0 Å². The maximum Gasteiger partial charge on any atom is 0.130 e. The predicted octanol–water partition coefficient (Wildman–Crippen LogP) is 4.99. The van der Waals surface area contributed by atoms with Crippen LogP contribution in [0.4, 0.5) is 5.69 Å². The Hall–Kier alpha value is -3.40. The van der Waals surface area contributed by atoms with Crippen LogP contribution in [0.2, 0.25) is 0 Å². The lowest BCUT2D eigenvalue weighted by Gasteiger charge is -2.29. The number of aromatic hydroxyl groups is 2. The van der Waals surface area contributed by atoms with Gasteiger partial charge in [0.1, 0.15) is 17.7 Å². The Balaban J connectivity index is 1.84. The molecular weight excluding hydrogens is 336 g/mol. The second-order valence-electron chi connectivity index (χ2n) is 6.57. The van der Waals surface area contributed by atoms with Gasteiger partial charge in [0.2, 0.25) is 0 Å². The van der Waals surface area contributed by atoms with E-state index in [1.165, 1.54) is 5.70 Å². The lowest BCUT2D eigenvalue weighted by molar-refractivity contribution is 0.474. The summed E-state index contributed by atoms with van der Waals surface area (Å²) in [7, 11) is 0. The fourth-order valence-corrected chi connectivity index (χ4v) is 3.57. The van der Waals surface area contributed by atoms with Gasteiger partial charge in [-0.15, -0.1) is 0 Å². The molecule has 136 valence electrons. The highest BCUT2D eigenvalue weighted by molar-refractivity contribution is 5.77. The Labute approximate surface area is 159 Å². The first-order valence-electron chi connectivity index (χ1n) is 9.09. The number of benzene rings is 3. The lowest BCUT2D eigenvalue weighted by atomic mass is 10.1. The van der Waals surface area contributed by atoms with Gasteiger partial charge in [-0.25, -0.2) is 0 Å². The number of anilines is 1. The molecule has 0 bridgehead atoms. The van der Waals surface area contributed by atoms with Gasteiger partial charge >= 0.3 is 0 Å². The minimum Gasteiger partial charge on any atom is -0.508 e. The van der Waals surface area contributed by atoms with E-state index in [0.717, 1.165) is 28.9 Å². The van der Waals surface area contributed by atoms with Crippen LogP contribution >= 0.6 is 0 Å². The first-order valence-corrected chi connectivity index (χ1v) is 9.09. The Bertz CT molecular complexity index is 948. The van der Waals surface area contributed by atoms with E-state index in [1.807, 2.05) is 42.5 Å². The maximum atomic E-state index is 9.69. The summed E-state index contributed by atoms with van der Waals surface area (Å²) in [4.78, 5) is 2.27. The fraction of sp³-hybridized carbons (Fsp3) is 0.130. The van der Waals surface area contributed by atoms with Crippen molar-refractivity contribution in [2.45, 2.75) is 19.5 Å². The normalized spacial score (nSPS) is 16.5. The first-order chi connectivity index (χ1) is 13.2. The molecule has 27 heavy (non-hydrogen) atoms. The Morgan fingerprint density at radius 2 is 1.41 bits per heavy atom. The van der Waals surface area contributed by atoms with Crippen molar-refractivity contribution in [1.82, 2.24) is 5.32 Å². The zero-order valence-electron chi connectivity index (χ0n) is 15.1. The number of hydrogen-bond donors (Lipinski definition) is 3. The highest BCUT2D eigenvalue weighted by Crippen LogP contribution is 2.40. The molecular formula is C23H22N2O2. The standard InChI is InChI=1S/C23H22N2O2/c1-2-21-22(16-8-12-19(26)13-9-16)24-23(17-6-4-3-5-7-17)25(21)18-10-14-20(27)15-11-18/h3-15,23-24,26-27H,2H2,1H3. The molecule has 1 aliphatic rings. The van der Waals surface area contributed by atoms with E-state index in [-0.39, 0.29) is 17.7 Å². The second-order valence-corrected chi connectivity index (χ2v) is 6.57. The molecule has 4 nitrogen and oxygen atoms in total. The van der Waals surface area contributed by atoms with Gasteiger partial charge in [0.05, 0.1) is 5.70 Å². The maximum absolute atomic E-state index is 9.69. The van der Waals surface area contributed by atoms with Gasteiger partial charge in [0, 0.05) is 11.4 Å². The van der Waals surface area contributed by atoms with Crippen molar-refractivity contribution in [3.8, 4) is 11.5 Å². The van der Waals surface area contributed by atoms with Gasteiger partial charge < -0.3 is 20.4 Å². The fourth-order valence-electron chi connectivity index (χ4n) is 3.57. The minimum atomic E-state index is -0.0468. The number of phenolic OH excluding ortho intramolecular Hbond substituents is 2. The van der Waals surface area contributed by atoms with Crippen molar-refractivity contribution in [2.24, 2.45) is 0 Å². The van der Waals surface area contributed by atoms with Crippen LogP contribution in [0.5, 0.6) is 11.5 Å². The van der Waals surface area contributed by atoms with Crippen molar-refractivity contribution in [1.29, 1.82) is 0 Å². The molecule has 0 amide bonds. The van der Waals surface area contributed by atoms with Crippen molar-refractivity contribution < 1.29 is 10.2 Å². The summed E-state index contributed by atoms with van der Waals surface area (Å²) in [5.74, 6) is 0.508. The number of allylic oxidation sites excluding steroid dienone is 1. The van der Waals surface area contributed by atoms with Crippen molar-refractivity contribution >= 4 is 11.4 Å². The molecule has 4 rings (SSSR count). The third-order valence-corrected chi connectivity index (χ3v) is 4.85.